The Balaban J connectivity index is 3.28. The maximum absolute atomic E-state index is 12.1. The number of benzene rings is 1. The van der Waals surface area contributed by atoms with Gasteiger partial charge in [0.2, 0.25) is 5.91 Å². The number of nitrogens with zero attached hydrogens (tertiary/aromatic N) is 1. The maximum atomic E-state index is 12.1. The molecule has 0 aliphatic rings. The fourth-order valence-electron chi connectivity index (χ4n) is 2.00. The van der Waals surface area contributed by atoms with Gasteiger partial charge < -0.3 is 4.90 Å². The quantitative estimate of drug-likeness (QED) is 0.736. The largest absolute Gasteiger partial charge is 0.308 e. The molecular formula is C16H23NO. The molecule has 1 rings (SSSR count). The molecule has 0 saturated heterocycles. The van der Waals surface area contributed by atoms with Crippen LogP contribution in [0.5, 0.6) is 0 Å². The van der Waals surface area contributed by atoms with Gasteiger partial charge in [-0.25, -0.2) is 0 Å². The minimum Gasteiger partial charge on any atom is -0.308 e. The lowest BCUT2D eigenvalue weighted by Gasteiger charge is -2.29. The van der Waals surface area contributed by atoms with Crippen LogP contribution in [-0.2, 0) is 10.2 Å². The summed E-state index contributed by atoms with van der Waals surface area (Å²) < 4.78 is 0. The lowest BCUT2D eigenvalue weighted by atomic mass is 9.85. The SMILES string of the molecule is C=CCN(C(=O)CC)c1ccccc1C(C)(C)C. The Labute approximate surface area is 110 Å². The Kier molecular flexibility index (Phi) is 4.71. The molecule has 1 aromatic carbocycles. The molecule has 2 nitrogen and oxygen atoms in total. The van der Waals surface area contributed by atoms with Gasteiger partial charge in [-0.1, -0.05) is 52.0 Å². The summed E-state index contributed by atoms with van der Waals surface area (Å²) in [5.74, 6) is 0.131. The average molecular weight is 245 g/mol. The molecule has 0 aromatic heterocycles. The second-order valence-electron chi connectivity index (χ2n) is 5.41. The molecule has 0 aliphatic carbocycles. The summed E-state index contributed by atoms with van der Waals surface area (Å²) in [4.78, 5) is 13.9. The second kappa shape index (κ2) is 5.85. The fraction of sp³-hybridized carbons (Fsp3) is 0.438. The van der Waals surface area contributed by atoms with Crippen LogP contribution in [0.2, 0.25) is 0 Å². The lowest BCUT2D eigenvalue weighted by molar-refractivity contribution is -0.118. The number of rotatable bonds is 4. The number of anilines is 1. The van der Waals surface area contributed by atoms with Gasteiger partial charge in [0.15, 0.2) is 0 Å². The van der Waals surface area contributed by atoms with Crippen LogP contribution in [0.3, 0.4) is 0 Å². The minimum absolute atomic E-state index is 0.0179. The summed E-state index contributed by atoms with van der Waals surface area (Å²) in [6, 6.07) is 8.10. The molecule has 1 aromatic rings. The third-order valence-corrected chi connectivity index (χ3v) is 2.92. The Morgan fingerprint density at radius 1 is 1.33 bits per heavy atom. The van der Waals surface area contributed by atoms with Gasteiger partial charge in [-0.15, -0.1) is 6.58 Å². The summed E-state index contributed by atoms with van der Waals surface area (Å²) in [6.45, 7) is 12.7. The molecule has 1 amide bonds. The van der Waals surface area contributed by atoms with Crippen molar-refractivity contribution in [3.05, 3.63) is 42.5 Å². The van der Waals surface area contributed by atoms with Gasteiger partial charge in [-0.2, -0.15) is 0 Å². The van der Waals surface area contributed by atoms with E-state index in [1.165, 1.54) is 5.56 Å². The average Bonchev–Trinajstić information content (AvgIpc) is 2.34. The zero-order valence-corrected chi connectivity index (χ0v) is 11.9. The summed E-state index contributed by atoms with van der Waals surface area (Å²) >= 11 is 0. The van der Waals surface area contributed by atoms with Crippen molar-refractivity contribution in [2.75, 3.05) is 11.4 Å². The van der Waals surface area contributed by atoms with Gasteiger partial charge in [-0.05, 0) is 17.0 Å². The van der Waals surface area contributed by atoms with E-state index in [0.717, 1.165) is 5.69 Å². The first-order valence-electron chi connectivity index (χ1n) is 6.42. The van der Waals surface area contributed by atoms with Crippen molar-refractivity contribution in [3.63, 3.8) is 0 Å². The highest BCUT2D eigenvalue weighted by Gasteiger charge is 2.22. The topological polar surface area (TPSA) is 20.3 Å². The molecule has 0 saturated carbocycles. The first kappa shape index (κ1) is 14.5. The molecule has 0 heterocycles. The molecule has 0 bridgehead atoms. The van der Waals surface area contributed by atoms with Crippen LogP contribution < -0.4 is 4.90 Å². The van der Waals surface area contributed by atoms with Gasteiger partial charge >= 0.3 is 0 Å². The second-order valence-corrected chi connectivity index (χ2v) is 5.41. The lowest BCUT2D eigenvalue weighted by Crippen LogP contribution is -2.32. The van der Waals surface area contributed by atoms with E-state index in [1.807, 2.05) is 30.0 Å². The molecule has 2 heteroatoms. The number of hydrogen-bond acceptors (Lipinski definition) is 1. The predicted octanol–water partition coefficient (Wildman–Crippen LogP) is 3.91. The number of amides is 1. The van der Waals surface area contributed by atoms with E-state index in [0.29, 0.717) is 13.0 Å². The van der Waals surface area contributed by atoms with Crippen LogP contribution in [0.1, 0.15) is 39.7 Å². The number of carbonyl (C=O) groups is 1. The van der Waals surface area contributed by atoms with E-state index in [2.05, 4.69) is 33.4 Å². The highest BCUT2D eigenvalue weighted by molar-refractivity contribution is 5.94. The first-order chi connectivity index (χ1) is 8.41. The molecule has 0 N–H and O–H groups in total. The fourth-order valence-corrected chi connectivity index (χ4v) is 2.00. The summed E-state index contributed by atoms with van der Waals surface area (Å²) in [5, 5.41) is 0. The first-order valence-corrected chi connectivity index (χ1v) is 6.42. The molecule has 0 atom stereocenters. The van der Waals surface area contributed by atoms with Crippen LogP contribution in [0.15, 0.2) is 36.9 Å². The molecule has 0 spiro atoms. The normalized spacial score (nSPS) is 11.1. The molecule has 0 unspecified atom stereocenters. The third kappa shape index (κ3) is 3.22. The van der Waals surface area contributed by atoms with Crippen molar-refractivity contribution in [2.45, 2.75) is 39.5 Å². The Morgan fingerprint density at radius 2 is 1.94 bits per heavy atom. The van der Waals surface area contributed by atoms with Crippen molar-refractivity contribution in [3.8, 4) is 0 Å². The van der Waals surface area contributed by atoms with E-state index < -0.39 is 0 Å². The highest BCUT2D eigenvalue weighted by Crippen LogP contribution is 2.32. The van der Waals surface area contributed by atoms with E-state index in [4.69, 9.17) is 0 Å². The Morgan fingerprint density at radius 3 is 2.44 bits per heavy atom. The van der Waals surface area contributed by atoms with Crippen LogP contribution in [0.4, 0.5) is 5.69 Å². The smallest absolute Gasteiger partial charge is 0.227 e. The zero-order chi connectivity index (χ0) is 13.8. The Hall–Kier alpha value is -1.57. The van der Waals surface area contributed by atoms with Crippen molar-refractivity contribution < 1.29 is 4.79 Å². The molecule has 0 aliphatic heterocycles. The number of hydrogen-bond donors (Lipinski definition) is 0. The maximum Gasteiger partial charge on any atom is 0.227 e. The van der Waals surface area contributed by atoms with Crippen LogP contribution in [0.25, 0.3) is 0 Å². The molecule has 98 valence electrons. The van der Waals surface area contributed by atoms with Gasteiger partial charge in [0.25, 0.3) is 0 Å². The highest BCUT2D eigenvalue weighted by atomic mass is 16.2. The van der Waals surface area contributed by atoms with Gasteiger partial charge in [0, 0.05) is 18.7 Å². The third-order valence-electron chi connectivity index (χ3n) is 2.92. The van der Waals surface area contributed by atoms with Gasteiger partial charge in [0.05, 0.1) is 0 Å². The summed E-state index contributed by atoms with van der Waals surface area (Å²) in [5.41, 5.74) is 2.20. The molecule has 0 radical (unpaired) electrons. The molecule has 0 fully saturated rings. The van der Waals surface area contributed by atoms with E-state index in [-0.39, 0.29) is 11.3 Å². The van der Waals surface area contributed by atoms with Crippen LogP contribution in [-0.4, -0.2) is 12.5 Å². The standard InChI is InChI=1S/C16H23NO/c1-6-12-17(15(18)7-2)14-11-9-8-10-13(14)16(3,4)5/h6,8-11H,1,7,12H2,2-5H3. The minimum atomic E-state index is 0.0179. The van der Waals surface area contributed by atoms with Crippen LogP contribution in [0, 0.1) is 0 Å². The van der Waals surface area contributed by atoms with Crippen molar-refractivity contribution in [1.29, 1.82) is 0 Å². The summed E-state index contributed by atoms with van der Waals surface area (Å²) in [7, 11) is 0. The zero-order valence-electron chi connectivity index (χ0n) is 11.9. The summed E-state index contributed by atoms with van der Waals surface area (Å²) in [6.07, 6.45) is 2.28. The van der Waals surface area contributed by atoms with E-state index >= 15 is 0 Å². The van der Waals surface area contributed by atoms with Crippen LogP contribution >= 0.6 is 0 Å². The molecular weight excluding hydrogens is 222 g/mol. The van der Waals surface area contributed by atoms with Crippen molar-refractivity contribution >= 4 is 11.6 Å². The van der Waals surface area contributed by atoms with E-state index in [1.54, 1.807) is 6.08 Å². The van der Waals surface area contributed by atoms with E-state index in [9.17, 15) is 4.79 Å². The molecule has 18 heavy (non-hydrogen) atoms. The van der Waals surface area contributed by atoms with Gasteiger partial charge in [0.1, 0.15) is 0 Å². The van der Waals surface area contributed by atoms with Gasteiger partial charge in [-0.3, -0.25) is 4.79 Å². The Bertz CT molecular complexity index is 429. The number of carbonyl (C=O) groups excluding carboxylic acids is 1. The number of para-hydroxylation sites is 1. The van der Waals surface area contributed by atoms with Crippen molar-refractivity contribution in [2.24, 2.45) is 0 Å². The van der Waals surface area contributed by atoms with Crippen molar-refractivity contribution in [1.82, 2.24) is 0 Å². The predicted molar refractivity (Wildman–Crippen MR) is 78.0 cm³/mol. The monoisotopic (exact) mass is 245 g/mol.